The number of ether oxygens (including phenoxy) is 1. The number of rotatable bonds is 8. The van der Waals surface area contributed by atoms with Gasteiger partial charge in [-0.3, -0.25) is 0 Å². The maximum absolute atomic E-state index is 9.08. The van der Waals surface area contributed by atoms with Crippen molar-refractivity contribution in [3.63, 3.8) is 0 Å². The fourth-order valence-corrected chi connectivity index (χ4v) is 2.92. The third-order valence-electron chi connectivity index (χ3n) is 3.33. The Morgan fingerprint density at radius 3 is 2.76 bits per heavy atom. The highest BCUT2D eigenvalue weighted by atomic mass is 32.1. The van der Waals surface area contributed by atoms with Gasteiger partial charge < -0.3 is 14.7 Å². The van der Waals surface area contributed by atoms with E-state index in [1.165, 1.54) is 0 Å². The Bertz CT molecular complexity index is 530. The Kier molecular flexibility index (Phi) is 6.17. The highest BCUT2D eigenvalue weighted by Gasteiger charge is 2.12. The number of anilines is 1. The van der Waals surface area contributed by atoms with E-state index in [1.807, 2.05) is 25.1 Å². The molecule has 1 aromatic heterocycles. The minimum atomic E-state index is 0.0337. The summed E-state index contributed by atoms with van der Waals surface area (Å²) in [5.41, 5.74) is 2.20. The lowest BCUT2D eigenvalue weighted by Crippen LogP contribution is -2.24. The molecule has 4 nitrogen and oxygen atoms in total. The summed E-state index contributed by atoms with van der Waals surface area (Å²) in [6.07, 6.45) is 0.784. The van der Waals surface area contributed by atoms with Crippen LogP contribution in [0.5, 0.6) is 0 Å². The van der Waals surface area contributed by atoms with Crippen LogP contribution in [-0.4, -0.2) is 30.4 Å². The number of thiazole rings is 1. The van der Waals surface area contributed by atoms with Gasteiger partial charge in [0.15, 0.2) is 0 Å². The molecule has 0 fully saturated rings. The summed E-state index contributed by atoms with van der Waals surface area (Å²) in [6, 6.07) is 10.2. The number of aliphatic hydroxyl groups is 1. The molecule has 0 bridgehead atoms. The molecular weight excluding hydrogens is 284 g/mol. The van der Waals surface area contributed by atoms with Crippen molar-refractivity contribution < 1.29 is 9.84 Å². The Hall–Kier alpha value is -1.43. The molecule has 0 aliphatic heterocycles. The topological polar surface area (TPSA) is 45.6 Å². The van der Waals surface area contributed by atoms with Crippen molar-refractivity contribution >= 4 is 17.0 Å². The summed E-state index contributed by atoms with van der Waals surface area (Å²) in [5, 5.41) is 12.2. The lowest BCUT2D eigenvalue weighted by molar-refractivity contribution is 0.119. The number of benzene rings is 1. The van der Waals surface area contributed by atoms with Crippen molar-refractivity contribution in [3.8, 4) is 0 Å². The SMILES string of the molecule is COC(C)c1nc(CN(CCCO)c2ccccc2)cs1. The maximum atomic E-state index is 9.08. The Morgan fingerprint density at radius 1 is 1.33 bits per heavy atom. The summed E-state index contributed by atoms with van der Waals surface area (Å²) in [4.78, 5) is 6.89. The van der Waals surface area contributed by atoms with Gasteiger partial charge in [0.2, 0.25) is 0 Å². The zero-order valence-electron chi connectivity index (χ0n) is 12.5. The van der Waals surface area contributed by atoms with Crippen molar-refractivity contribution in [2.24, 2.45) is 0 Å². The third kappa shape index (κ3) is 4.52. The summed E-state index contributed by atoms with van der Waals surface area (Å²) < 4.78 is 5.31. The van der Waals surface area contributed by atoms with Crippen LogP contribution in [0.2, 0.25) is 0 Å². The fourth-order valence-electron chi connectivity index (χ4n) is 2.08. The molecular formula is C16H22N2O2S. The minimum absolute atomic E-state index is 0.0337. The van der Waals surface area contributed by atoms with Crippen LogP contribution >= 0.6 is 11.3 Å². The average Bonchev–Trinajstić information content (AvgIpc) is 3.00. The van der Waals surface area contributed by atoms with Crippen LogP contribution in [0.3, 0.4) is 0 Å². The standard InChI is InChI=1S/C16H22N2O2S/c1-13(20-2)16-17-14(12-21-16)11-18(9-6-10-19)15-7-4-3-5-8-15/h3-5,7-8,12-13,19H,6,9-11H2,1-2H3. The van der Waals surface area contributed by atoms with Crippen LogP contribution in [-0.2, 0) is 11.3 Å². The summed E-state index contributed by atoms with van der Waals surface area (Å²) >= 11 is 1.63. The van der Waals surface area contributed by atoms with Gasteiger partial charge in [0.05, 0.1) is 12.2 Å². The molecule has 21 heavy (non-hydrogen) atoms. The molecule has 0 radical (unpaired) electrons. The second kappa shape index (κ2) is 8.12. The smallest absolute Gasteiger partial charge is 0.122 e. The quantitative estimate of drug-likeness (QED) is 0.813. The van der Waals surface area contributed by atoms with Crippen LogP contribution in [0.25, 0.3) is 0 Å². The highest BCUT2D eigenvalue weighted by Crippen LogP contribution is 2.23. The lowest BCUT2D eigenvalue weighted by Gasteiger charge is -2.23. The Labute approximate surface area is 130 Å². The van der Waals surface area contributed by atoms with Crippen LogP contribution in [0.4, 0.5) is 5.69 Å². The van der Waals surface area contributed by atoms with Gasteiger partial charge in [0.1, 0.15) is 11.1 Å². The van der Waals surface area contributed by atoms with E-state index in [0.717, 1.165) is 35.9 Å². The van der Waals surface area contributed by atoms with Crippen molar-refractivity contribution in [1.29, 1.82) is 0 Å². The van der Waals surface area contributed by atoms with Crippen molar-refractivity contribution in [3.05, 3.63) is 46.4 Å². The van der Waals surface area contributed by atoms with Gasteiger partial charge >= 0.3 is 0 Å². The first-order valence-electron chi connectivity index (χ1n) is 7.12. The molecule has 0 saturated carbocycles. The predicted octanol–water partition coefficient (Wildman–Crippen LogP) is 3.24. The predicted molar refractivity (Wildman–Crippen MR) is 86.7 cm³/mol. The van der Waals surface area contributed by atoms with E-state index < -0.39 is 0 Å². The molecule has 0 saturated heterocycles. The second-order valence-electron chi connectivity index (χ2n) is 4.89. The van der Waals surface area contributed by atoms with Crippen LogP contribution in [0.1, 0.15) is 30.2 Å². The van der Waals surface area contributed by atoms with Crippen LogP contribution < -0.4 is 4.90 Å². The first kappa shape index (κ1) is 15.9. The van der Waals surface area contributed by atoms with E-state index >= 15 is 0 Å². The number of nitrogens with zero attached hydrogens (tertiary/aromatic N) is 2. The molecule has 5 heteroatoms. The monoisotopic (exact) mass is 306 g/mol. The van der Waals surface area contributed by atoms with Crippen LogP contribution in [0, 0.1) is 0 Å². The van der Waals surface area contributed by atoms with E-state index in [-0.39, 0.29) is 12.7 Å². The number of hydrogen-bond donors (Lipinski definition) is 1. The summed E-state index contributed by atoms with van der Waals surface area (Å²) in [6.45, 7) is 3.76. The van der Waals surface area contributed by atoms with E-state index in [1.54, 1.807) is 18.4 Å². The number of para-hydroxylation sites is 1. The normalized spacial score (nSPS) is 12.3. The van der Waals surface area contributed by atoms with Gasteiger partial charge in [-0.1, -0.05) is 18.2 Å². The van der Waals surface area contributed by atoms with Crippen molar-refractivity contribution in [2.45, 2.75) is 26.0 Å². The molecule has 0 amide bonds. The maximum Gasteiger partial charge on any atom is 0.122 e. The summed E-state index contributed by atoms with van der Waals surface area (Å²) in [7, 11) is 1.70. The Balaban J connectivity index is 2.09. The third-order valence-corrected chi connectivity index (χ3v) is 4.39. The number of hydrogen-bond acceptors (Lipinski definition) is 5. The molecule has 1 N–H and O–H groups in total. The van der Waals surface area contributed by atoms with E-state index in [4.69, 9.17) is 9.84 Å². The van der Waals surface area contributed by atoms with Gasteiger partial charge in [-0.25, -0.2) is 4.98 Å². The van der Waals surface area contributed by atoms with E-state index in [2.05, 4.69) is 27.4 Å². The van der Waals surface area contributed by atoms with Crippen molar-refractivity contribution in [1.82, 2.24) is 4.98 Å². The second-order valence-corrected chi connectivity index (χ2v) is 5.78. The molecule has 1 atom stereocenters. The zero-order chi connectivity index (χ0) is 15.1. The first-order chi connectivity index (χ1) is 10.2. The number of aromatic nitrogens is 1. The van der Waals surface area contributed by atoms with Gasteiger partial charge in [0.25, 0.3) is 0 Å². The largest absolute Gasteiger partial charge is 0.396 e. The molecule has 2 rings (SSSR count). The number of methoxy groups -OCH3 is 1. The van der Waals surface area contributed by atoms with E-state index in [0.29, 0.717) is 0 Å². The average molecular weight is 306 g/mol. The first-order valence-corrected chi connectivity index (χ1v) is 8.00. The molecule has 2 aromatic rings. The van der Waals surface area contributed by atoms with Gasteiger partial charge in [0, 0.05) is 31.3 Å². The molecule has 0 aliphatic rings. The minimum Gasteiger partial charge on any atom is -0.396 e. The number of aliphatic hydroxyl groups excluding tert-OH is 1. The van der Waals surface area contributed by atoms with E-state index in [9.17, 15) is 0 Å². The molecule has 0 aliphatic carbocycles. The molecule has 114 valence electrons. The molecule has 1 unspecified atom stereocenters. The fraction of sp³-hybridized carbons (Fsp3) is 0.438. The van der Waals surface area contributed by atoms with Gasteiger partial charge in [-0.2, -0.15) is 0 Å². The zero-order valence-corrected chi connectivity index (χ0v) is 13.3. The summed E-state index contributed by atoms with van der Waals surface area (Å²) in [5.74, 6) is 0. The molecule has 1 aromatic carbocycles. The lowest BCUT2D eigenvalue weighted by atomic mass is 10.2. The highest BCUT2D eigenvalue weighted by molar-refractivity contribution is 7.09. The van der Waals surface area contributed by atoms with Gasteiger partial charge in [-0.05, 0) is 25.5 Å². The van der Waals surface area contributed by atoms with Crippen molar-refractivity contribution in [2.75, 3.05) is 25.2 Å². The molecule has 0 spiro atoms. The van der Waals surface area contributed by atoms with Gasteiger partial charge in [-0.15, -0.1) is 11.3 Å². The van der Waals surface area contributed by atoms with Crippen LogP contribution in [0.15, 0.2) is 35.7 Å². The molecule has 1 heterocycles. The Morgan fingerprint density at radius 2 is 2.10 bits per heavy atom.